The Kier molecular flexibility index (Phi) is 5.83. The molecule has 0 bridgehead atoms. The molecule has 162 valence electrons. The van der Waals surface area contributed by atoms with Crippen molar-refractivity contribution in [2.75, 3.05) is 21.4 Å². The number of ether oxygens (including phenoxy) is 1. The fourth-order valence-electron chi connectivity index (χ4n) is 3.24. The lowest BCUT2D eigenvalue weighted by molar-refractivity contribution is -0.119. The van der Waals surface area contributed by atoms with Crippen molar-refractivity contribution in [2.45, 2.75) is 32.6 Å². The normalized spacial score (nSPS) is 18.5. The van der Waals surface area contributed by atoms with E-state index in [1.54, 1.807) is 26.0 Å². The summed E-state index contributed by atoms with van der Waals surface area (Å²) in [5.74, 6) is -1.54. The summed E-state index contributed by atoms with van der Waals surface area (Å²) < 4.78 is 59.9. The zero-order valence-corrected chi connectivity index (χ0v) is 18.8. The molecule has 2 aromatic carbocycles. The fourth-order valence-corrected chi connectivity index (χ4v) is 6.34. The highest BCUT2D eigenvalue weighted by Crippen LogP contribution is 2.35. The fraction of sp³-hybridized carbons (Fsp3) is 0.350. The molecule has 1 aliphatic rings. The second-order valence-corrected chi connectivity index (χ2v) is 10.8. The second-order valence-electron chi connectivity index (χ2n) is 7.27. The van der Waals surface area contributed by atoms with Crippen LogP contribution in [-0.4, -0.2) is 35.1 Å². The maximum atomic E-state index is 13.2. The van der Waals surface area contributed by atoms with E-state index in [4.69, 9.17) is 4.74 Å². The third-order valence-corrected chi connectivity index (χ3v) is 8.00. The summed E-state index contributed by atoms with van der Waals surface area (Å²) in [5, 5.41) is 0. The monoisotopic (exact) mass is 452 g/mol. The Bertz CT molecular complexity index is 1210. The van der Waals surface area contributed by atoms with Gasteiger partial charge in [-0.2, -0.15) is 0 Å². The average Bonchev–Trinajstić information content (AvgIpc) is 2.85. The van der Waals surface area contributed by atoms with Crippen molar-refractivity contribution in [1.82, 2.24) is 0 Å². The number of carbonyl (C=O) groups excluding carboxylic acids is 1. The lowest BCUT2D eigenvalue weighted by atomic mass is 10.1. The molecule has 10 heteroatoms. The van der Waals surface area contributed by atoms with Gasteiger partial charge in [0.25, 0.3) is 10.0 Å². The predicted octanol–water partition coefficient (Wildman–Crippen LogP) is 2.82. The number of aryl methyl sites for hydroxylation is 2. The molecule has 1 fully saturated rings. The van der Waals surface area contributed by atoms with Gasteiger partial charge in [-0.3, -0.25) is 9.52 Å². The van der Waals surface area contributed by atoms with Crippen LogP contribution in [0, 0.1) is 19.8 Å². The Balaban J connectivity index is 2.11. The zero-order valence-electron chi connectivity index (χ0n) is 17.2. The number of rotatable bonds is 6. The van der Waals surface area contributed by atoms with Crippen LogP contribution in [-0.2, 0) is 24.8 Å². The van der Waals surface area contributed by atoms with Crippen LogP contribution < -0.4 is 13.8 Å². The van der Waals surface area contributed by atoms with Crippen molar-refractivity contribution in [1.29, 1.82) is 0 Å². The first-order chi connectivity index (χ1) is 14.0. The molecule has 0 radical (unpaired) electrons. The Morgan fingerprint density at radius 1 is 1.17 bits per heavy atom. The van der Waals surface area contributed by atoms with Crippen LogP contribution in [0.4, 0.5) is 11.4 Å². The molecule has 3 rings (SSSR count). The number of hydrogen-bond acceptors (Lipinski definition) is 6. The number of amides is 1. The molecule has 1 aliphatic heterocycles. The first kappa shape index (κ1) is 22.1. The van der Waals surface area contributed by atoms with E-state index >= 15 is 0 Å². The van der Waals surface area contributed by atoms with Crippen LogP contribution in [0.5, 0.6) is 5.75 Å². The van der Waals surface area contributed by atoms with E-state index in [0.717, 1.165) is 17.2 Å². The minimum Gasteiger partial charge on any atom is -0.492 e. The van der Waals surface area contributed by atoms with Gasteiger partial charge < -0.3 is 4.74 Å². The quantitative estimate of drug-likeness (QED) is 0.722. The number of hydrogen-bond donors (Lipinski definition) is 1. The maximum absolute atomic E-state index is 13.2. The highest BCUT2D eigenvalue weighted by molar-refractivity contribution is 7.94. The molecule has 1 N–H and O–H groups in total. The van der Waals surface area contributed by atoms with Gasteiger partial charge in [-0.05, 0) is 56.2 Å². The van der Waals surface area contributed by atoms with Gasteiger partial charge in [0, 0.05) is 0 Å². The van der Waals surface area contributed by atoms with Crippen molar-refractivity contribution in [2.24, 2.45) is 5.92 Å². The standard InChI is InChI=1S/C20H24N2O6S2/c1-5-28-18-9-8-16(22-20(23)15(4)12-29(22,24)25)11-19(18)30(26,27)21-17-10-13(2)6-7-14(17)3/h6-11,15,21H,5,12H2,1-4H3. The first-order valence-corrected chi connectivity index (χ1v) is 12.5. The van der Waals surface area contributed by atoms with Gasteiger partial charge in [0.15, 0.2) is 0 Å². The maximum Gasteiger partial charge on any atom is 0.265 e. The summed E-state index contributed by atoms with van der Waals surface area (Å²) in [4.78, 5) is 12.2. The zero-order chi connectivity index (χ0) is 22.3. The summed E-state index contributed by atoms with van der Waals surface area (Å²) in [6, 6.07) is 9.26. The second kappa shape index (κ2) is 7.92. The van der Waals surface area contributed by atoms with Crippen LogP contribution in [0.3, 0.4) is 0 Å². The SMILES string of the molecule is CCOc1ccc(N2C(=O)C(C)CS2(=O)=O)cc1S(=O)(=O)Nc1cc(C)ccc1C. The van der Waals surface area contributed by atoms with Crippen molar-refractivity contribution in [3.8, 4) is 5.75 Å². The number of sulfonamides is 2. The molecule has 1 unspecified atom stereocenters. The summed E-state index contributed by atoms with van der Waals surface area (Å²) in [6.07, 6.45) is 0. The Hall–Kier alpha value is -2.59. The van der Waals surface area contributed by atoms with E-state index in [1.165, 1.54) is 19.1 Å². The largest absolute Gasteiger partial charge is 0.492 e. The van der Waals surface area contributed by atoms with Crippen molar-refractivity contribution in [3.63, 3.8) is 0 Å². The molecular formula is C20H24N2O6S2. The van der Waals surface area contributed by atoms with Crippen LogP contribution in [0.1, 0.15) is 25.0 Å². The van der Waals surface area contributed by atoms with Crippen LogP contribution in [0.25, 0.3) is 0 Å². The van der Waals surface area contributed by atoms with Crippen LogP contribution in [0.15, 0.2) is 41.3 Å². The topological polar surface area (TPSA) is 110 Å². The lowest BCUT2D eigenvalue weighted by Gasteiger charge is -2.19. The molecule has 2 aromatic rings. The molecule has 1 saturated heterocycles. The Morgan fingerprint density at radius 3 is 2.47 bits per heavy atom. The number of carbonyl (C=O) groups is 1. The minimum atomic E-state index is -4.13. The summed E-state index contributed by atoms with van der Waals surface area (Å²) >= 11 is 0. The molecule has 1 heterocycles. The van der Waals surface area contributed by atoms with E-state index in [1.807, 2.05) is 13.0 Å². The molecular weight excluding hydrogens is 428 g/mol. The molecule has 0 saturated carbocycles. The highest BCUT2D eigenvalue weighted by Gasteiger charge is 2.42. The minimum absolute atomic E-state index is 0.0332. The molecule has 0 aromatic heterocycles. The van der Waals surface area contributed by atoms with Gasteiger partial charge in [0.1, 0.15) is 10.6 Å². The first-order valence-electron chi connectivity index (χ1n) is 9.40. The highest BCUT2D eigenvalue weighted by atomic mass is 32.2. The molecule has 1 amide bonds. The van der Waals surface area contributed by atoms with E-state index in [2.05, 4.69) is 4.72 Å². The Morgan fingerprint density at radius 2 is 1.87 bits per heavy atom. The Labute approximate surface area is 177 Å². The van der Waals surface area contributed by atoms with E-state index in [9.17, 15) is 21.6 Å². The van der Waals surface area contributed by atoms with Crippen molar-refractivity contribution < 1.29 is 26.4 Å². The lowest BCUT2D eigenvalue weighted by Crippen LogP contribution is -2.30. The average molecular weight is 453 g/mol. The number of benzene rings is 2. The molecule has 1 atom stereocenters. The predicted molar refractivity (Wildman–Crippen MR) is 115 cm³/mol. The summed E-state index contributed by atoms with van der Waals surface area (Å²) in [5.41, 5.74) is 1.97. The van der Waals surface area contributed by atoms with Crippen LogP contribution in [0.2, 0.25) is 0 Å². The van der Waals surface area contributed by atoms with Gasteiger partial charge in [-0.1, -0.05) is 19.1 Å². The molecule has 0 aliphatic carbocycles. The van der Waals surface area contributed by atoms with Gasteiger partial charge >= 0.3 is 0 Å². The third kappa shape index (κ3) is 4.15. The summed E-state index contributed by atoms with van der Waals surface area (Å²) in [6.45, 7) is 7.05. The van der Waals surface area contributed by atoms with Gasteiger partial charge in [0.05, 0.1) is 29.7 Å². The van der Waals surface area contributed by atoms with E-state index in [-0.39, 0.29) is 28.7 Å². The smallest absolute Gasteiger partial charge is 0.265 e. The third-order valence-electron chi connectivity index (χ3n) is 4.75. The molecule has 30 heavy (non-hydrogen) atoms. The number of nitrogens with zero attached hydrogens (tertiary/aromatic N) is 1. The van der Waals surface area contributed by atoms with E-state index < -0.39 is 31.9 Å². The van der Waals surface area contributed by atoms with Gasteiger partial charge in [-0.25, -0.2) is 21.1 Å². The number of anilines is 2. The summed E-state index contributed by atoms with van der Waals surface area (Å²) in [7, 11) is -8.00. The molecule has 0 spiro atoms. The number of nitrogens with one attached hydrogen (secondary N) is 1. The van der Waals surface area contributed by atoms with Crippen molar-refractivity contribution in [3.05, 3.63) is 47.5 Å². The van der Waals surface area contributed by atoms with Gasteiger partial charge in [-0.15, -0.1) is 0 Å². The van der Waals surface area contributed by atoms with Gasteiger partial charge in [0.2, 0.25) is 15.9 Å². The van der Waals surface area contributed by atoms with Crippen LogP contribution >= 0.6 is 0 Å². The van der Waals surface area contributed by atoms with Crippen molar-refractivity contribution >= 4 is 37.3 Å². The molecule has 8 nitrogen and oxygen atoms in total. The van der Waals surface area contributed by atoms with E-state index in [0.29, 0.717) is 9.99 Å².